The van der Waals surface area contributed by atoms with Crippen LogP contribution in [0.4, 0.5) is 0 Å². The average molecular weight is 406 g/mol. The fourth-order valence-corrected chi connectivity index (χ4v) is 3.32. The highest BCUT2D eigenvalue weighted by atomic mass is 16.6. The van der Waals surface area contributed by atoms with E-state index in [4.69, 9.17) is 9.47 Å². The Morgan fingerprint density at radius 1 is 1.11 bits per heavy atom. The molecule has 0 radical (unpaired) electrons. The zero-order valence-corrected chi connectivity index (χ0v) is 17.8. The summed E-state index contributed by atoms with van der Waals surface area (Å²) in [6.07, 6.45) is -2.79. The van der Waals surface area contributed by atoms with Crippen LogP contribution in [0.15, 0.2) is 0 Å². The Kier molecular flexibility index (Phi) is 10.3. The molecule has 1 aliphatic rings. The van der Waals surface area contributed by atoms with Gasteiger partial charge in [0.15, 0.2) is 0 Å². The van der Waals surface area contributed by atoms with E-state index in [1.807, 2.05) is 20.8 Å². The Hall–Kier alpha value is -0.770. The molecular formula is C20H39NO7. The van der Waals surface area contributed by atoms with Gasteiger partial charge in [-0.3, -0.25) is 10.1 Å². The third kappa shape index (κ3) is 8.31. The van der Waals surface area contributed by atoms with E-state index in [2.05, 4.69) is 19.2 Å². The summed E-state index contributed by atoms with van der Waals surface area (Å²) < 4.78 is 10.9. The van der Waals surface area contributed by atoms with Gasteiger partial charge in [-0.25, -0.2) is 0 Å². The van der Waals surface area contributed by atoms with Crippen LogP contribution in [0.5, 0.6) is 0 Å². The van der Waals surface area contributed by atoms with Gasteiger partial charge in [-0.15, -0.1) is 0 Å². The number of hydrogen-bond acceptors (Lipinski definition) is 8. The number of rotatable bonds is 10. The molecule has 0 saturated carbocycles. The van der Waals surface area contributed by atoms with E-state index in [1.54, 1.807) is 0 Å². The lowest BCUT2D eigenvalue weighted by atomic mass is 9.92. The summed E-state index contributed by atoms with van der Waals surface area (Å²) in [5.41, 5.74) is -0.503. The third-order valence-corrected chi connectivity index (χ3v) is 4.71. The van der Waals surface area contributed by atoms with Crippen LogP contribution in [0.2, 0.25) is 0 Å². The van der Waals surface area contributed by atoms with Crippen molar-refractivity contribution in [2.75, 3.05) is 13.2 Å². The van der Waals surface area contributed by atoms with Gasteiger partial charge in [-0.05, 0) is 52.5 Å². The first-order valence-corrected chi connectivity index (χ1v) is 10.2. The van der Waals surface area contributed by atoms with Gasteiger partial charge in [0, 0.05) is 0 Å². The van der Waals surface area contributed by atoms with E-state index in [1.165, 1.54) is 0 Å². The number of aliphatic hydroxyl groups is 4. The van der Waals surface area contributed by atoms with Crippen LogP contribution in [-0.2, 0) is 14.3 Å². The molecule has 0 spiro atoms. The van der Waals surface area contributed by atoms with Crippen LogP contribution in [-0.4, -0.2) is 75.8 Å². The van der Waals surface area contributed by atoms with E-state index in [9.17, 15) is 25.2 Å². The number of carbonyl (C=O) groups is 1. The van der Waals surface area contributed by atoms with E-state index >= 15 is 0 Å². The summed E-state index contributed by atoms with van der Waals surface area (Å²) in [5, 5.41) is 41.8. The lowest BCUT2D eigenvalue weighted by Gasteiger charge is -2.40. The number of esters is 1. The monoisotopic (exact) mass is 405 g/mol. The Bertz CT molecular complexity index is 464. The maximum atomic E-state index is 12.4. The lowest BCUT2D eigenvalue weighted by Crippen LogP contribution is -2.62. The first-order chi connectivity index (χ1) is 13.0. The molecule has 0 aromatic carbocycles. The first kappa shape index (κ1) is 25.3. The summed E-state index contributed by atoms with van der Waals surface area (Å²) in [5.74, 6) is 0.0827. The van der Waals surface area contributed by atoms with Crippen LogP contribution in [0.25, 0.3) is 0 Å². The molecular weight excluding hydrogens is 366 g/mol. The fourth-order valence-electron chi connectivity index (χ4n) is 3.32. The molecule has 1 heterocycles. The number of carbonyl (C=O) groups excluding carboxylic acids is 1. The molecule has 0 amide bonds. The average Bonchev–Trinajstić information content (AvgIpc) is 2.58. The van der Waals surface area contributed by atoms with Crippen molar-refractivity contribution in [1.82, 2.24) is 5.32 Å². The summed E-state index contributed by atoms with van der Waals surface area (Å²) in [6.45, 7) is 9.81. The zero-order valence-electron chi connectivity index (χ0n) is 17.8. The molecule has 1 aliphatic heterocycles. The molecule has 0 aromatic heterocycles. The number of hydrogen-bond donors (Lipinski definition) is 5. The van der Waals surface area contributed by atoms with Gasteiger partial charge in [0.1, 0.15) is 36.2 Å². The minimum atomic E-state index is -1.38. The smallest absolute Gasteiger partial charge is 0.309 e. The topological polar surface area (TPSA) is 128 Å². The van der Waals surface area contributed by atoms with Crippen LogP contribution in [0.1, 0.15) is 60.3 Å². The van der Waals surface area contributed by atoms with Crippen LogP contribution in [0.3, 0.4) is 0 Å². The molecule has 166 valence electrons. The second-order valence-electron chi connectivity index (χ2n) is 9.06. The van der Waals surface area contributed by atoms with Crippen molar-refractivity contribution in [3.8, 4) is 0 Å². The van der Waals surface area contributed by atoms with Crippen LogP contribution in [0, 0.1) is 11.8 Å². The second-order valence-corrected chi connectivity index (χ2v) is 9.06. The van der Waals surface area contributed by atoms with Gasteiger partial charge in [0.25, 0.3) is 0 Å². The maximum Gasteiger partial charge on any atom is 0.309 e. The van der Waals surface area contributed by atoms with Gasteiger partial charge in [-0.1, -0.05) is 20.3 Å². The predicted octanol–water partition coefficient (Wildman–Crippen LogP) is 0.550. The molecule has 8 heteroatoms. The molecule has 0 aromatic rings. The Balaban J connectivity index is 2.43. The highest BCUT2D eigenvalue weighted by Gasteiger charge is 2.43. The van der Waals surface area contributed by atoms with E-state index in [-0.39, 0.29) is 11.9 Å². The highest BCUT2D eigenvalue weighted by Crippen LogP contribution is 2.23. The van der Waals surface area contributed by atoms with E-state index in [0.29, 0.717) is 18.9 Å². The van der Waals surface area contributed by atoms with Gasteiger partial charge >= 0.3 is 5.97 Å². The van der Waals surface area contributed by atoms with Crippen molar-refractivity contribution in [2.24, 2.45) is 11.8 Å². The second kappa shape index (κ2) is 11.4. The summed E-state index contributed by atoms with van der Waals surface area (Å²) >= 11 is 0. The van der Waals surface area contributed by atoms with E-state index < -0.39 is 42.9 Å². The number of nitrogens with one attached hydrogen (secondary N) is 1. The lowest BCUT2D eigenvalue weighted by molar-refractivity contribution is -0.236. The molecule has 0 bridgehead atoms. The van der Waals surface area contributed by atoms with Crippen molar-refractivity contribution in [2.45, 2.75) is 96.5 Å². The Morgan fingerprint density at radius 2 is 1.75 bits per heavy atom. The van der Waals surface area contributed by atoms with Crippen molar-refractivity contribution in [1.29, 1.82) is 0 Å². The Labute approximate surface area is 168 Å². The Morgan fingerprint density at radius 3 is 2.29 bits per heavy atom. The van der Waals surface area contributed by atoms with Gasteiger partial charge < -0.3 is 29.9 Å². The van der Waals surface area contributed by atoms with Gasteiger partial charge in [0.05, 0.1) is 12.5 Å². The fraction of sp³-hybridized carbons (Fsp3) is 0.950. The predicted molar refractivity (Wildman–Crippen MR) is 104 cm³/mol. The summed E-state index contributed by atoms with van der Waals surface area (Å²) in [7, 11) is 0. The normalized spacial score (nSPS) is 29.7. The first-order valence-electron chi connectivity index (χ1n) is 10.2. The number of ether oxygens (including phenoxy) is 2. The largest absolute Gasteiger partial charge is 0.460 e. The molecule has 1 saturated heterocycles. The van der Waals surface area contributed by atoms with Crippen LogP contribution >= 0.6 is 0 Å². The maximum absolute atomic E-state index is 12.4. The van der Waals surface area contributed by atoms with Crippen molar-refractivity contribution in [3.05, 3.63) is 0 Å². The minimum Gasteiger partial charge on any atom is -0.460 e. The molecule has 6 atom stereocenters. The molecule has 1 fully saturated rings. The van der Waals surface area contributed by atoms with Crippen molar-refractivity contribution in [3.63, 3.8) is 0 Å². The molecule has 0 aliphatic carbocycles. The van der Waals surface area contributed by atoms with E-state index in [0.717, 1.165) is 19.3 Å². The van der Waals surface area contributed by atoms with Crippen LogP contribution < -0.4 is 5.32 Å². The standard InChI is InChI=1S/C20H39NO7/c1-12(2)10-13(19(26)28-20(3,4)5)8-6-7-9-21-18-17(25)16(24)15(23)14(11-22)27-18/h12-18,21-25H,6-11H2,1-5H3. The number of unbranched alkanes of at least 4 members (excludes halogenated alkanes) is 1. The van der Waals surface area contributed by atoms with Crippen molar-refractivity contribution < 1.29 is 34.7 Å². The molecule has 1 rings (SSSR count). The quantitative estimate of drug-likeness (QED) is 0.263. The van der Waals surface area contributed by atoms with Crippen molar-refractivity contribution >= 4 is 5.97 Å². The third-order valence-electron chi connectivity index (χ3n) is 4.71. The summed E-state index contributed by atoms with van der Waals surface area (Å²) in [4.78, 5) is 12.4. The summed E-state index contributed by atoms with van der Waals surface area (Å²) in [6, 6.07) is 0. The molecule has 8 nitrogen and oxygen atoms in total. The molecule has 6 unspecified atom stereocenters. The number of aliphatic hydroxyl groups excluding tert-OH is 4. The minimum absolute atomic E-state index is 0.147. The zero-order chi connectivity index (χ0) is 21.5. The van der Waals surface area contributed by atoms with Gasteiger partial charge in [0.2, 0.25) is 0 Å². The highest BCUT2D eigenvalue weighted by molar-refractivity contribution is 5.72. The molecule has 5 N–H and O–H groups in total. The SMILES string of the molecule is CC(C)CC(CCCCNC1OC(CO)C(O)C(O)C1O)C(=O)OC(C)(C)C. The molecule has 28 heavy (non-hydrogen) atoms. The van der Waals surface area contributed by atoms with Gasteiger partial charge in [-0.2, -0.15) is 0 Å².